The molecular formula is C14H16Cl2N2S. The molecule has 2 rings (SSSR count). The first kappa shape index (κ1) is 14.8. The van der Waals surface area contributed by atoms with Crippen molar-refractivity contribution in [2.45, 2.75) is 26.3 Å². The molecule has 0 bridgehead atoms. The van der Waals surface area contributed by atoms with Crippen LogP contribution < -0.4 is 5.32 Å². The number of rotatable bonds is 5. The van der Waals surface area contributed by atoms with E-state index in [1.165, 1.54) is 4.88 Å². The van der Waals surface area contributed by atoms with Gasteiger partial charge in [-0.05, 0) is 37.6 Å². The maximum Gasteiger partial charge on any atom is 0.0798 e. The summed E-state index contributed by atoms with van der Waals surface area (Å²) >= 11 is 13.8. The highest BCUT2D eigenvalue weighted by atomic mass is 35.5. The van der Waals surface area contributed by atoms with Crippen LogP contribution in [0.3, 0.4) is 0 Å². The molecule has 102 valence electrons. The second-order valence-corrected chi connectivity index (χ2v) is 6.06. The first-order valence-electron chi connectivity index (χ1n) is 6.21. The fourth-order valence-electron chi connectivity index (χ4n) is 1.93. The largest absolute Gasteiger partial charge is 0.306 e. The molecule has 1 unspecified atom stereocenters. The number of nitrogens with zero attached hydrogens (tertiary/aromatic N) is 1. The molecule has 1 aromatic heterocycles. The summed E-state index contributed by atoms with van der Waals surface area (Å²) in [4.78, 5) is 5.56. The summed E-state index contributed by atoms with van der Waals surface area (Å²) in [6, 6.07) is 5.91. The smallest absolute Gasteiger partial charge is 0.0798 e. The second kappa shape index (κ2) is 6.71. The molecule has 2 nitrogen and oxygen atoms in total. The van der Waals surface area contributed by atoms with Gasteiger partial charge < -0.3 is 5.32 Å². The molecule has 2 aromatic rings. The van der Waals surface area contributed by atoms with Gasteiger partial charge in [0.1, 0.15) is 0 Å². The predicted molar refractivity (Wildman–Crippen MR) is 83.4 cm³/mol. The third-order valence-corrected chi connectivity index (χ3v) is 4.66. The SMILES string of the molecule is CCCNC(c1ccc(Cl)c(Cl)c1)c1scnc1C. The average molecular weight is 315 g/mol. The van der Waals surface area contributed by atoms with Crippen LogP contribution in [0.4, 0.5) is 0 Å². The first-order chi connectivity index (χ1) is 9.13. The molecule has 1 aromatic carbocycles. The Balaban J connectivity index is 2.37. The van der Waals surface area contributed by atoms with Gasteiger partial charge in [0.25, 0.3) is 0 Å². The Bertz CT molecular complexity index is 554. The molecule has 19 heavy (non-hydrogen) atoms. The lowest BCUT2D eigenvalue weighted by molar-refractivity contribution is 0.603. The lowest BCUT2D eigenvalue weighted by Crippen LogP contribution is -2.23. The van der Waals surface area contributed by atoms with Crippen LogP contribution in [-0.4, -0.2) is 11.5 Å². The summed E-state index contributed by atoms with van der Waals surface area (Å²) < 4.78 is 0. The van der Waals surface area contributed by atoms with E-state index in [-0.39, 0.29) is 6.04 Å². The number of thiazole rings is 1. The number of benzene rings is 1. The van der Waals surface area contributed by atoms with Crippen molar-refractivity contribution >= 4 is 34.5 Å². The van der Waals surface area contributed by atoms with Gasteiger partial charge in [-0.2, -0.15) is 0 Å². The van der Waals surface area contributed by atoms with Gasteiger partial charge in [0.05, 0.1) is 27.3 Å². The molecule has 1 atom stereocenters. The zero-order chi connectivity index (χ0) is 13.8. The van der Waals surface area contributed by atoms with Crippen LogP contribution in [0.15, 0.2) is 23.7 Å². The molecule has 5 heteroatoms. The van der Waals surface area contributed by atoms with Crippen molar-refractivity contribution in [2.75, 3.05) is 6.54 Å². The van der Waals surface area contributed by atoms with Crippen LogP contribution >= 0.6 is 34.5 Å². The molecule has 1 heterocycles. The molecular weight excluding hydrogens is 299 g/mol. The lowest BCUT2D eigenvalue weighted by atomic mass is 10.0. The minimum Gasteiger partial charge on any atom is -0.306 e. The summed E-state index contributed by atoms with van der Waals surface area (Å²) in [5.74, 6) is 0. The Kier molecular flexibility index (Phi) is 5.22. The molecule has 0 amide bonds. The van der Waals surface area contributed by atoms with E-state index >= 15 is 0 Å². The van der Waals surface area contributed by atoms with Crippen molar-refractivity contribution in [3.8, 4) is 0 Å². The standard InChI is InChI=1S/C14H16Cl2N2S/c1-3-6-17-13(14-9(2)18-8-19-14)10-4-5-11(15)12(16)7-10/h4-5,7-8,13,17H,3,6H2,1-2H3. The third-order valence-electron chi connectivity index (χ3n) is 2.92. The molecule has 0 saturated heterocycles. The van der Waals surface area contributed by atoms with Crippen LogP contribution in [0, 0.1) is 6.92 Å². The Morgan fingerprint density at radius 1 is 1.32 bits per heavy atom. The minimum atomic E-state index is 0.127. The Hall–Kier alpha value is -0.610. The van der Waals surface area contributed by atoms with E-state index in [2.05, 4.69) is 17.2 Å². The molecule has 0 aliphatic carbocycles. The zero-order valence-corrected chi connectivity index (χ0v) is 13.2. The molecule has 0 fully saturated rings. The highest BCUT2D eigenvalue weighted by Crippen LogP contribution is 2.31. The van der Waals surface area contributed by atoms with E-state index in [4.69, 9.17) is 23.2 Å². The fraction of sp³-hybridized carbons (Fsp3) is 0.357. The van der Waals surface area contributed by atoms with Crippen molar-refractivity contribution in [1.82, 2.24) is 10.3 Å². The number of aromatic nitrogens is 1. The quantitative estimate of drug-likeness (QED) is 0.853. The van der Waals surface area contributed by atoms with Crippen molar-refractivity contribution in [2.24, 2.45) is 0 Å². The maximum absolute atomic E-state index is 6.12. The molecule has 0 aliphatic rings. The van der Waals surface area contributed by atoms with Crippen LogP contribution in [0.2, 0.25) is 10.0 Å². The summed E-state index contributed by atoms with van der Waals surface area (Å²) in [5, 5.41) is 4.72. The van der Waals surface area contributed by atoms with Gasteiger partial charge in [-0.1, -0.05) is 36.2 Å². The second-order valence-electron chi connectivity index (χ2n) is 4.36. The van der Waals surface area contributed by atoms with Crippen LogP contribution in [0.1, 0.15) is 35.5 Å². The molecule has 0 aliphatic heterocycles. The van der Waals surface area contributed by atoms with Crippen LogP contribution in [0.5, 0.6) is 0 Å². The number of halogens is 2. The predicted octanol–water partition coefficient (Wildman–Crippen LogP) is 4.85. The fourth-order valence-corrected chi connectivity index (χ4v) is 3.14. The normalized spacial score (nSPS) is 12.6. The number of hydrogen-bond acceptors (Lipinski definition) is 3. The van der Waals surface area contributed by atoms with E-state index in [1.54, 1.807) is 11.3 Å². The van der Waals surface area contributed by atoms with Gasteiger partial charge in [0, 0.05) is 4.88 Å². The number of aryl methyl sites for hydroxylation is 1. The summed E-state index contributed by atoms with van der Waals surface area (Å²) in [6.45, 7) is 5.13. The summed E-state index contributed by atoms with van der Waals surface area (Å²) in [6.07, 6.45) is 1.08. The average Bonchev–Trinajstić information content (AvgIpc) is 2.80. The highest BCUT2D eigenvalue weighted by molar-refractivity contribution is 7.09. The Morgan fingerprint density at radius 3 is 2.68 bits per heavy atom. The third kappa shape index (κ3) is 3.48. The molecule has 0 spiro atoms. The van der Waals surface area contributed by atoms with E-state index in [9.17, 15) is 0 Å². The van der Waals surface area contributed by atoms with E-state index in [0.717, 1.165) is 24.2 Å². The Labute approximate surface area is 127 Å². The lowest BCUT2D eigenvalue weighted by Gasteiger charge is -2.19. The van der Waals surface area contributed by atoms with Gasteiger partial charge in [-0.15, -0.1) is 11.3 Å². The highest BCUT2D eigenvalue weighted by Gasteiger charge is 2.18. The molecule has 0 saturated carbocycles. The van der Waals surface area contributed by atoms with Gasteiger partial charge in [0.15, 0.2) is 0 Å². The maximum atomic E-state index is 6.12. The van der Waals surface area contributed by atoms with Gasteiger partial charge >= 0.3 is 0 Å². The van der Waals surface area contributed by atoms with Crippen molar-refractivity contribution in [1.29, 1.82) is 0 Å². The van der Waals surface area contributed by atoms with Crippen LogP contribution in [-0.2, 0) is 0 Å². The van der Waals surface area contributed by atoms with Gasteiger partial charge in [-0.3, -0.25) is 0 Å². The van der Waals surface area contributed by atoms with Crippen LogP contribution in [0.25, 0.3) is 0 Å². The van der Waals surface area contributed by atoms with Crippen molar-refractivity contribution < 1.29 is 0 Å². The number of hydrogen-bond donors (Lipinski definition) is 1. The molecule has 0 radical (unpaired) electrons. The van der Waals surface area contributed by atoms with E-state index in [0.29, 0.717) is 10.0 Å². The summed E-state index contributed by atoms with van der Waals surface area (Å²) in [5.41, 5.74) is 4.06. The van der Waals surface area contributed by atoms with Gasteiger partial charge in [0.2, 0.25) is 0 Å². The van der Waals surface area contributed by atoms with E-state index in [1.807, 2.05) is 30.6 Å². The topological polar surface area (TPSA) is 24.9 Å². The van der Waals surface area contributed by atoms with Gasteiger partial charge in [-0.25, -0.2) is 4.98 Å². The summed E-state index contributed by atoms with van der Waals surface area (Å²) in [7, 11) is 0. The van der Waals surface area contributed by atoms with Crippen molar-refractivity contribution in [3.05, 3.63) is 49.9 Å². The molecule has 1 N–H and O–H groups in total. The number of nitrogens with one attached hydrogen (secondary N) is 1. The zero-order valence-electron chi connectivity index (χ0n) is 10.9. The first-order valence-corrected chi connectivity index (χ1v) is 7.85. The monoisotopic (exact) mass is 314 g/mol. The van der Waals surface area contributed by atoms with Crippen molar-refractivity contribution in [3.63, 3.8) is 0 Å². The minimum absolute atomic E-state index is 0.127. The Morgan fingerprint density at radius 2 is 2.11 bits per heavy atom. The van der Waals surface area contributed by atoms with E-state index < -0.39 is 0 Å².